The maximum atomic E-state index is 11.7. The van der Waals surface area contributed by atoms with Gasteiger partial charge >= 0.3 is 12.0 Å². The van der Waals surface area contributed by atoms with E-state index < -0.39 is 18.0 Å². The fraction of sp³-hybridized carbons (Fsp3) is 0.385. The van der Waals surface area contributed by atoms with Crippen LogP contribution in [0.2, 0.25) is 0 Å². The molecule has 0 aliphatic rings. The van der Waals surface area contributed by atoms with Crippen LogP contribution in [0.3, 0.4) is 0 Å². The van der Waals surface area contributed by atoms with Crippen molar-refractivity contribution in [1.29, 1.82) is 0 Å². The first kappa shape index (κ1) is 15.0. The van der Waals surface area contributed by atoms with Crippen LogP contribution in [0, 0.1) is 0 Å². The number of nitrogens with one attached hydrogen (secondary N) is 3. The Kier molecular flexibility index (Phi) is 5.81. The lowest BCUT2D eigenvalue weighted by atomic mass is 10.2. The summed E-state index contributed by atoms with van der Waals surface area (Å²) in [6.45, 7) is 2.29. The molecular weight excluding hydrogens is 246 g/mol. The zero-order valence-corrected chi connectivity index (χ0v) is 11.1. The summed E-state index contributed by atoms with van der Waals surface area (Å²) in [4.78, 5) is 22.2. The highest BCUT2D eigenvalue weighted by molar-refractivity contribution is 5.90. The molecule has 19 heavy (non-hydrogen) atoms. The maximum Gasteiger partial charge on any atom is 0.319 e. The van der Waals surface area contributed by atoms with Gasteiger partial charge in [-0.15, -0.1) is 0 Å². The number of amides is 2. The van der Waals surface area contributed by atoms with Gasteiger partial charge in [-0.2, -0.15) is 0 Å². The molecule has 0 bridgehead atoms. The number of carbonyl (C=O) groups is 2. The smallest absolute Gasteiger partial charge is 0.319 e. The minimum atomic E-state index is -0.941. The van der Waals surface area contributed by atoms with Crippen LogP contribution >= 0.6 is 0 Å². The van der Waals surface area contributed by atoms with Crippen molar-refractivity contribution < 1.29 is 14.7 Å². The van der Waals surface area contributed by atoms with Gasteiger partial charge in [0.25, 0.3) is 0 Å². The molecule has 1 atom stereocenters. The molecule has 6 heteroatoms. The number of para-hydroxylation sites is 1. The summed E-state index contributed by atoms with van der Waals surface area (Å²) in [6.07, 6.45) is -0.106. The lowest BCUT2D eigenvalue weighted by Crippen LogP contribution is -2.37. The highest BCUT2D eigenvalue weighted by atomic mass is 16.4. The van der Waals surface area contributed by atoms with E-state index in [0.717, 1.165) is 5.56 Å². The van der Waals surface area contributed by atoms with Crippen molar-refractivity contribution in [2.75, 3.05) is 12.4 Å². The molecule has 0 fully saturated rings. The van der Waals surface area contributed by atoms with E-state index >= 15 is 0 Å². The number of urea groups is 1. The Morgan fingerprint density at radius 3 is 2.63 bits per heavy atom. The number of aliphatic carboxylic acids is 1. The molecule has 0 aliphatic heterocycles. The van der Waals surface area contributed by atoms with E-state index in [4.69, 9.17) is 5.11 Å². The molecule has 0 aromatic heterocycles. The van der Waals surface area contributed by atoms with Gasteiger partial charge in [0.1, 0.15) is 0 Å². The molecule has 104 valence electrons. The molecule has 1 rings (SSSR count). The summed E-state index contributed by atoms with van der Waals surface area (Å²) >= 11 is 0. The number of carboxylic acids is 1. The zero-order valence-electron chi connectivity index (χ0n) is 11.1. The molecule has 0 radical (unpaired) electrons. The first-order valence-corrected chi connectivity index (χ1v) is 6.04. The SMILES string of the molecule is CNCc1ccccc1NC(=O)NC(C)CC(=O)O. The third-order valence-electron chi connectivity index (χ3n) is 2.49. The van der Waals surface area contributed by atoms with Gasteiger partial charge in [0.15, 0.2) is 0 Å². The average Bonchev–Trinajstić information content (AvgIpc) is 2.30. The van der Waals surface area contributed by atoms with Gasteiger partial charge < -0.3 is 21.1 Å². The van der Waals surface area contributed by atoms with Crippen molar-refractivity contribution in [2.24, 2.45) is 0 Å². The Hall–Kier alpha value is -2.08. The van der Waals surface area contributed by atoms with Gasteiger partial charge in [-0.25, -0.2) is 4.79 Å². The zero-order chi connectivity index (χ0) is 14.3. The minimum absolute atomic E-state index is 0.106. The number of carbonyl (C=O) groups excluding carboxylic acids is 1. The topological polar surface area (TPSA) is 90.5 Å². The summed E-state index contributed by atoms with van der Waals surface area (Å²) in [5.74, 6) is -0.941. The van der Waals surface area contributed by atoms with E-state index in [-0.39, 0.29) is 6.42 Å². The highest BCUT2D eigenvalue weighted by Gasteiger charge is 2.11. The molecule has 1 aromatic carbocycles. The monoisotopic (exact) mass is 265 g/mol. The van der Waals surface area contributed by atoms with Gasteiger partial charge in [-0.3, -0.25) is 4.79 Å². The van der Waals surface area contributed by atoms with Crippen LogP contribution in [0.1, 0.15) is 18.9 Å². The highest BCUT2D eigenvalue weighted by Crippen LogP contribution is 2.14. The largest absolute Gasteiger partial charge is 0.481 e. The molecule has 1 aromatic rings. The Balaban J connectivity index is 2.59. The second-order valence-corrected chi connectivity index (χ2v) is 4.28. The Morgan fingerprint density at radius 2 is 2.00 bits per heavy atom. The minimum Gasteiger partial charge on any atom is -0.481 e. The van der Waals surface area contributed by atoms with Crippen LogP contribution in [0.5, 0.6) is 0 Å². The molecule has 1 unspecified atom stereocenters. The predicted octanol–water partition coefficient (Wildman–Crippen LogP) is 1.39. The van der Waals surface area contributed by atoms with Crippen LogP contribution in [0.15, 0.2) is 24.3 Å². The predicted molar refractivity (Wildman–Crippen MR) is 73.1 cm³/mol. The summed E-state index contributed by atoms with van der Waals surface area (Å²) < 4.78 is 0. The number of carboxylic acid groups (broad SMARTS) is 1. The lowest BCUT2D eigenvalue weighted by molar-refractivity contribution is -0.137. The van der Waals surface area contributed by atoms with E-state index in [1.54, 1.807) is 13.0 Å². The molecule has 0 saturated carbocycles. The molecule has 0 spiro atoms. The van der Waals surface area contributed by atoms with Crippen LogP contribution < -0.4 is 16.0 Å². The fourth-order valence-corrected chi connectivity index (χ4v) is 1.68. The van der Waals surface area contributed by atoms with Gasteiger partial charge in [-0.05, 0) is 25.6 Å². The van der Waals surface area contributed by atoms with Crippen molar-refractivity contribution in [2.45, 2.75) is 25.9 Å². The van der Waals surface area contributed by atoms with Crippen LogP contribution in [0.4, 0.5) is 10.5 Å². The van der Waals surface area contributed by atoms with Crippen molar-refractivity contribution in [3.8, 4) is 0 Å². The van der Waals surface area contributed by atoms with Crippen LogP contribution in [0.25, 0.3) is 0 Å². The lowest BCUT2D eigenvalue weighted by Gasteiger charge is -2.14. The third-order valence-corrected chi connectivity index (χ3v) is 2.49. The van der Waals surface area contributed by atoms with Crippen molar-refractivity contribution in [3.63, 3.8) is 0 Å². The van der Waals surface area contributed by atoms with Crippen LogP contribution in [-0.2, 0) is 11.3 Å². The molecule has 0 aliphatic carbocycles. The maximum absolute atomic E-state index is 11.7. The fourth-order valence-electron chi connectivity index (χ4n) is 1.68. The molecular formula is C13H19N3O3. The third kappa shape index (κ3) is 5.39. The van der Waals surface area contributed by atoms with Gasteiger partial charge in [0, 0.05) is 18.3 Å². The molecule has 0 heterocycles. The standard InChI is InChI=1S/C13H19N3O3/c1-9(7-12(17)18)15-13(19)16-11-6-4-3-5-10(11)8-14-2/h3-6,9,14H,7-8H2,1-2H3,(H,17,18)(H2,15,16,19). The van der Waals surface area contributed by atoms with E-state index in [9.17, 15) is 9.59 Å². The van der Waals surface area contributed by atoms with Gasteiger partial charge in [-0.1, -0.05) is 18.2 Å². The Morgan fingerprint density at radius 1 is 1.32 bits per heavy atom. The number of benzene rings is 1. The van der Waals surface area contributed by atoms with E-state index in [0.29, 0.717) is 12.2 Å². The molecule has 0 saturated heterocycles. The molecule has 2 amide bonds. The number of hydrogen-bond acceptors (Lipinski definition) is 3. The number of anilines is 1. The number of rotatable bonds is 6. The van der Waals surface area contributed by atoms with Gasteiger partial charge in [0.05, 0.1) is 6.42 Å². The quantitative estimate of drug-likeness (QED) is 0.625. The van der Waals surface area contributed by atoms with Crippen molar-refractivity contribution in [1.82, 2.24) is 10.6 Å². The summed E-state index contributed by atoms with van der Waals surface area (Å²) in [7, 11) is 1.83. The first-order valence-electron chi connectivity index (χ1n) is 6.04. The number of hydrogen-bond donors (Lipinski definition) is 4. The van der Waals surface area contributed by atoms with E-state index in [2.05, 4.69) is 16.0 Å². The van der Waals surface area contributed by atoms with Crippen molar-refractivity contribution >= 4 is 17.7 Å². The Bertz CT molecular complexity index is 449. The second-order valence-electron chi connectivity index (χ2n) is 4.28. The second kappa shape index (κ2) is 7.38. The summed E-state index contributed by atoms with van der Waals surface area (Å²) in [6, 6.07) is 6.60. The summed E-state index contributed by atoms with van der Waals surface area (Å²) in [5, 5.41) is 16.9. The van der Waals surface area contributed by atoms with E-state index in [1.165, 1.54) is 0 Å². The normalized spacial score (nSPS) is 11.7. The van der Waals surface area contributed by atoms with Crippen molar-refractivity contribution in [3.05, 3.63) is 29.8 Å². The van der Waals surface area contributed by atoms with Gasteiger partial charge in [0.2, 0.25) is 0 Å². The molecule has 4 N–H and O–H groups in total. The first-order chi connectivity index (χ1) is 9.02. The Labute approximate surface area is 112 Å². The van der Waals surface area contributed by atoms with Crippen LogP contribution in [-0.4, -0.2) is 30.2 Å². The molecule has 6 nitrogen and oxygen atoms in total. The average molecular weight is 265 g/mol. The summed E-state index contributed by atoms with van der Waals surface area (Å²) in [5.41, 5.74) is 1.67. The van der Waals surface area contributed by atoms with E-state index in [1.807, 2.05) is 25.2 Å².